The van der Waals surface area contributed by atoms with Crippen molar-refractivity contribution in [3.8, 4) is 5.19 Å². The summed E-state index contributed by atoms with van der Waals surface area (Å²) in [5.41, 5.74) is -0.0891. The Balaban J connectivity index is 2.10. The van der Waals surface area contributed by atoms with E-state index in [1.807, 2.05) is 0 Å². The van der Waals surface area contributed by atoms with Crippen molar-refractivity contribution >= 4 is 27.3 Å². The van der Waals surface area contributed by atoms with E-state index in [1.165, 1.54) is 29.5 Å². The zero-order valence-corrected chi connectivity index (χ0v) is 10.3. The third kappa shape index (κ3) is 2.56. The SMILES string of the molecule is Fc1cccc(F)c1COc1ncc(Br)s1. The Labute approximate surface area is 103 Å². The highest BCUT2D eigenvalue weighted by molar-refractivity contribution is 9.11. The lowest BCUT2D eigenvalue weighted by Gasteiger charge is -2.04. The van der Waals surface area contributed by atoms with E-state index in [-0.39, 0.29) is 12.2 Å². The van der Waals surface area contributed by atoms with Crippen LogP contribution in [0, 0.1) is 11.6 Å². The van der Waals surface area contributed by atoms with Gasteiger partial charge in [0, 0.05) is 0 Å². The van der Waals surface area contributed by atoms with Crippen LogP contribution < -0.4 is 4.74 Å². The smallest absolute Gasteiger partial charge is 0.274 e. The van der Waals surface area contributed by atoms with Gasteiger partial charge in [-0.15, -0.1) is 0 Å². The van der Waals surface area contributed by atoms with Crippen molar-refractivity contribution in [3.05, 3.63) is 45.4 Å². The first-order valence-electron chi connectivity index (χ1n) is 4.34. The van der Waals surface area contributed by atoms with Gasteiger partial charge in [-0.2, -0.15) is 0 Å². The summed E-state index contributed by atoms with van der Waals surface area (Å²) in [6.07, 6.45) is 1.57. The molecule has 1 aromatic carbocycles. The maximum absolute atomic E-state index is 13.2. The lowest BCUT2D eigenvalue weighted by Crippen LogP contribution is -2.01. The van der Waals surface area contributed by atoms with Crippen LogP contribution in [0.4, 0.5) is 8.78 Å². The van der Waals surface area contributed by atoms with Crippen LogP contribution >= 0.6 is 27.3 Å². The second kappa shape index (κ2) is 4.88. The normalized spacial score (nSPS) is 10.4. The molecule has 0 aliphatic carbocycles. The summed E-state index contributed by atoms with van der Waals surface area (Å²) < 4.78 is 32.4. The average Bonchev–Trinajstić information content (AvgIpc) is 2.63. The molecule has 16 heavy (non-hydrogen) atoms. The minimum atomic E-state index is -0.615. The molecule has 6 heteroatoms. The molecule has 1 heterocycles. The van der Waals surface area contributed by atoms with Crippen LogP contribution in [-0.4, -0.2) is 4.98 Å². The number of hydrogen-bond donors (Lipinski definition) is 0. The molecule has 0 N–H and O–H groups in total. The van der Waals surface area contributed by atoms with Crippen LogP contribution in [0.5, 0.6) is 5.19 Å². The van der Waals surface area contributed by atoms with Gasteiger partial charge in [0.25, 0.3) is 5.19 Å². The van der Waals surface area contributed by atoms with E-state index in [2.05, 4.69) is 20.9 Å². The lowest BCUT2D eigenvalue weighted by molar-refractivity contribution is 0.291. The minimum absolute atomic E-state index is 0.0891. The fraction of sp³-hybridized carbons (Fsp3) is 0.100. The molecule has 0 atom stereocenters. The second-order valence-electron chi connectivity index (χ2n) is 2.92. The molecule has 0 amide bonds. The first-order valence-corrected chi connectivity index (χ1v) is 5.95. The molecule has 0 aliphatic heterocycles. The predicted octanol–water partition coefficient (Wildman–Crippen LogP) is 3.76. The van der Waals surface area contributed by atoms with E-state index >= 15 is 0 Å². The monoisotopic (exact) mass is 305 g/mol. The van der Waals surface area contributed by atoms with E-state index in [9.17, 15) is 8.78 Å². The van der Waals surface area contributed by atoms with Crippen molar-refractivity contribution in [2.75, 3.05) is 0 Å². The van der Waals surface area contributed by atoms with Crippen molar-refractivity contribution in [1.29, 1.82) is 0 Å². The first kappa shape index (κ1) is 11.5. The number of benzene rings is 1. The number of thiazole rings is 1. The minimum Gasteiger partial charge on any atom is -0.465 e. The Kier molecular flexibility index (Phi) is 3.50. The number of ether oxygens (including phenoxy) is 1. The Morgan fingerprint density at radius 1 is 1.31 bits per heavy atom. The molecule has 0 aliphatic rings. The number of nitrogens with zero attached hydrogens (tertiary/aromatic N) is 1. The fourth-order valence-electron chi connectivity index (χ4n) is 1.11. The summed E-state index contributed by atoms with van der Waals surface area (Å²) in [4.78, 5) is 3.89. The Morgan fingerprint density at radius 3 is 2.56 bits per heavy atom. The molecule has 0 unspecified atom stereocenters. The van der Waals surface area contributed by atoms with Gasteiger partial charge in [-0.1, -0.05) is 17.4 Å². The topological polar surface area (TPSA) is 22.1 Å². The van der Waals surface area contributed by atoms with Gasteiger partial charge < -0.3 is 4.74 Å². The number of halogens is 3. The van der Waals surface area contributed by atoms with Gasteiger partial charge in [-0.3, -0.25) is 0 Å². The highest BCUT2D eigenvalue weighted by Crippen LogP contribution is 2.26. The molecule has 0 fully saturated rings. The molecule has 0 saturated carbocycles. The Hall–Kier alpha value is -1.01. The molecule has 0 saturated heterocycles. The van der Waals surface area contributed by atoms with Crippen molar-refractivity contribution in [2.24, 2.45) is 0 Å². The van der Waals surface area contributed by atoms with Gasteiger partial charge in [0.05, 0.1) is 15.5 Å². The molecule has 0 radical (unpaired) electrons. The molecular formula is C10H6BrF2NOS. The van der Waals surface area contributed by atoms with E-state index in [0.29, 0.717) is 5.19 Å². The van der Waals surface area contributed by atoms with Crippen LogP contribution in [0.3, 0.4) is 0 Å². The standard InChI is InChI=1S/C10H6BrF2NOS/c11-9-4-14-10(16-9)15-5-6-7(12)2-1-3-8(6)13/h1-4H,5H2. The molecule has 2 nitrogen and oxygen atoms in total. The first-order chi connectivity index (χ1) is 7.66. The van der Waals surface area contributed by atoms with Gasteiger partial charge in [-0.25, -0.2) is 13.8 Å². The highest BCUT2D eigenvalue weighted by Gasteiger charge is 2.10. The average molecular weight is 306 g/mol. The van der Waals surface area contributed by atoms with Crippen LogP contribution in [0.2, 0.25) is 0 Å². The number of aromatic nitrogens is 1. The van der Waals surface area contributed by atoms with Crippen molar-refractivity contribution in [2.45, 2.75) is 6.61 Å². The van der Waals surface area contributed by atoms with Gasteiger partial charge in [0.2, 0.25) is 0 Å². The quantitative estimate of drug-likeness (QED) is 0.861. The molecule has 1 aromatic heterocycles. The molecule has 2 aromatic rings. The van der Waals surface area contributed by atoms with Gasteiger partial charge >= 0.3 is 0 Å². The third-order valence-corrected chi connectivity index (χ3v) is 3.25. The molecular weight excluding hydrogens is 300 g/mol. The highest BCUT2D eigenvalue weighted by atomic mass is 79.9. The summed E-state index contributed by atoms with van der Waals surface area (Å²) in [6, 6.07) is 3.70. The van der Waals surface area contributed by atoms with Crippen LogP contribution in [0.25, 0.3) is 0 Å². The molecule has 2 rings (SSSR count). The van der Waals surface area contributed by atoms with Crippen LogP contribution in [0.15, 0.2) is 28.2 Å². The third-order valence-electron chi connectivity index (χ3n) is 1.86. The zero-order valence-electron chi connectivity index (χ0n) is 7.91. The van der Waals surface area contributed by atoms with Gasteiger partial charge in [-0.05, 0) is 28.1 Å². The Morgan fingerprint density at radius 2 is 2.00 bits per heavy atom. The van der Waals surface area contributed by atoms with Crippen molar-refractivity contribution in [3.63, 3.8) is 0 Å². The summed E-state index contributed by atoms with van der Waals surface area (Å²) in [6.45, 7) is -0.168. The van der Waals surface area contributed by atoms with E-state index in [1.54, 1.807) is 6.20 Å². The summed E-state index contributed by atoms with van der Waals surface area (Å²) in [5.74, 6) is -1.23. The van der Waals surface area contributed by atoms with Crippen LogP contribution in [0.1, 0.15) is 5.56 Å². The maximum atomic E-state index is 13.2. The number of hydrogen-bond acceptors (Lipinski definition) is 3. The second-order valence-corrected chi connectivity index (χ2v) is 5.29. The molecule has 84 valence electrons. The summed E-state index contributed by atoms with van der Waals surface area (Å²) in [7, 11) is 0. The fourth-order valence-corrected chi connectivity index (χ4v) is 2.12. The van der Waals surface area contributed by atoms with E-state index in [4.69, 9.17) is 4.74 Å². The van der Waals surface area contributed by atoms with Crippen molar-refractivity contribution < 1.29 is 13.5 Å². The molecule has 0 spiro atoms. The predicted molar refractivity (Wildman–Crippen MR) is 60.5 cm³/mol. The maximum Gasteiger partial charge on any atom is 0.274 e. The largest absolute Gasteiger partial charge is 0.465 e. The molecule has 0 bridgehead atoms. The van der Waals surface area contributed by atoms with E-state index < -0.39 is 11.6 Å². The van der Waals surface area contributed by atoms with Crippen molar-refractivity contribution in [1.82, 2.24) is 4.98 Å². The number of rotatable bonds is 3. The van der Waals surface area contributed by atoms with Gasteiger partial charge in [0.1, 0.15) is 18.2 Å². The van der Waals surface area contributed by atoms with Crippen LogP contribution in [-0.2, 0) is 6.61 Å². The van der Waals surface area contributed by atoms with Gasteiger partial charge in [0.15, 0.2) is 0 Å². The Bertz CT molecular complexity index is 483. The summed E-state index contributed by atoms with van der Waals surface area (Å²) >= 11 is 4.47. The lowest BCUT2D eigenvalue weighted by atomic mass is 10.2. The zero-order chi connectivity index (χ0) is 11.5. The summed E-state index contributed by atoms with van der Waals surface area (Å²) in [5, 5.41) is 0.370. The van der Waals surface area contributed by atoms with E-state index in [0.717, 1.165) is 3.79 Å².